The summed E-state index contributed by atoms with van der Waals surface area (Å²) in [6, 6.07) is 1.29. The van der Waals surface area contributed by atoms with Crippen LogP contribution in [-0.2, 0) is 0 Å². The number of hydrogen-bond donors (Lipinski definition) is 1. The minimum atomic E-state index is 0.315. The second-order valence-corrected chi connectivity index (χ2v) is 5.96. The van der Waals surface area contributed by atoms with E-state index in [0.717, 1.165) is 32.6 Å². The molecule has 3 rings (SSSR count). The van der Waals surface area contributed by atoms with E-state index in [1.54, 1.807) is 0 Å². The predicted molar refractivity (Wildman–Crippen MR) is 71.6 cm³/mol. The second-order valence-electron chi connectivity index (χ2n) is 5.96. The fraction of sp³-hybridized carbons (Fsp3) is 0.929. The second kappa shape index (κ2) is 5.47. The molecule has 18 heavy (non-hydrogen) atoms. The predicted octanol–water partition coefficient (Wildman–Crippen LogP) is 1.81. The first kappa shape index (κ1) is 12.3. The third-order valence-corrected chi connectivity index (χ3v) is 4.81. The highest BCUT2D eigenvalue weighted by atomic mass is 16.2. The maximum Gasteiger partial charge on any atom is 0.320 e. The third kappa shape index (κ3) is 2.35. The van der Waals surface area contributed by atoms with Crippen LogP contribution >= 0.6 is 0 Å². The number of hydrogen-bond acceptors (Lipinski definition) is 2. The van der Waals surface area contributed by atoms with Crippen LogP contribution in [0.2, 0.25) is 0 Å². The molecule has 3 fully saturated rings. The molecule has 0 radical (unpaired) electrons. The van der Waals surface area contributed by atoms with E-state index in [4.69, 9.17) is 0 Å². The van der Waals surface area contributed by atoms with E-state index in [-0.39, 0.29) is 0 Å². The normalized spacial score (nSPS) is 31.1. The number of amides is 2. The van der Waals surface area contributed by atoms with Gasteiger partial charge in [-0.3, -0.25) is 0 Å². The molecule has 2 saturated heterocycles. The lowest BCUT2D eigenvalue weighted by molar-refractivity contribution is 0.163. The summed E-state index contributed by atoms with van der Waals surface area (Å²) >= 11 is 0. The Morgan fingerprint density at radius 1 is 0.889 bits per heavy atom. The highest BCUT2D eigenvalue weighted by Crippen LogP contribution is 2.26. The smallest absolute Gasteiger partial charge is 0.320 e. The molecule has 1 saturated carbocycles. The van der Waals surface area contributed by atoms with Crippen LogP contribution in [0, 0.1) is 0 Å². The van der Waals surface area contributed by atoms with Crippen molar-refractivity contribution in [3.63, 3.8) is 0 Å². The Balaban J connectivity index is 1.62. The Bertz CT molecular complexity index is 293. The Morgan fingerprint density at radius 2 is 1.56 bits per heavy atom. The van der Waals surface area contributed by atoms with E-state index in [1.807, 2.05) is 0 Å². The molecule has 1 atom stereocenters. The van der Waals surface area contributed by atoms with E-state index in [9.17, 15) is 4.79 Å². The van der Waals surface area contributed by atoms with E-state index in [2.05, 4.69) is 15.1 Å². The number of carbonyl (C=O) groups is 1. The zero-order chi connectivity index (χ0) is 12.4. The van der Waals surface area contributed by atoms with Crippen LogP contribution in [-0.4, -0.2) is 54.1 Å². The van der Waals surface area contributed by atoms with Gasteiger partial charge in [0.05, 0.1) is 0 Å². The molecule has 4 nitrogen and oxygen atoms in total. The van der Waals surface area contributed by atoms with Crippen molar-refractivity contribution in [3.05, 3.63) is 0 Å². The summed E-state index contributed by atoms with van der Waals surface area (Å²) in [5.74, 6) is 0. The first-order chi connectivity index (χ1) is 8.86. The number of nitrogens with zero attached hydrogens (tertiary/aromatic N) is 2. The van der Waals surface area contributed by atoms with Crippen molar-refractivity contribution in [1.29, 1.82) is 0 Å². The quantitative estimate of drug-likeness (QED) is 0.760. The average molecular weight is 251 g/mol. The molecule has 102 valence electrons. The third-order valence-electron chi connectivity index (χ3n) is 4.81. The average Bonchev–Trinajstić information content (AvgIpc) is 2.93. The van der Waals surface area contributed by atoms with E-state index >= 15 is 0 Å². The Labute approximate surface area is 110 Å². The van der Waals surface area contributed by atoms with E-state index < -0.39 is 0 Å². The number of nitrogens with one attached hydrogen (secondary N) is 1. The molecule has 1 aliphatic carbocycles. The lowest BCUT2D eigenvalue weighted by Crippen LogP contribution is -2.43. The van der Waals surface area contributed by atoms with Gasteiger partial charge in [0.1, 0.15) is 0 Å². The molecule has 0 aromatic heterocycles. The van der Waals surface area contributed by atoms with Crippen molar-refractivity contribution in [2.24, 2.45) is 0 Å². The lowest BCUT2D eigenvalue weighted by Gasteiger charge is -2.28. The van der Waals surface area contributed by atoms with Crippen molar-refractivity contribution in [2.75, 3.05) is 26.2 Å². The SMILES string of the molecule is O=C1N(C2CCCCCC2)CCN1C1CCNC1. The highest BCUT2D eigenvalue weighted by molar-refractivity contribution is 5.77. The van der Waals surface area contributed by atoms with Crippen molar-refractivity contribution in [1.82, 2.24) is 15.1 Å². The summed E-state index contributed by atoms with van der Waals surface area (Å²) in [6.45, 7) is 3.96. The standard InChI is InChI=1S/C14H25N3O/c18-14-16(12-5-3-1-2-4-6-12)9-10-17(14)13-7-8-15-11-13/h12-13,15H,1-11H2. The summed E-state index contributed by atoms with van der Waals surface area (Å²) in [7, 11) is 0. The van der Waals surface area contributed by atoms with Gasteiger partial charge >= 0.3 is 6.03 Å². The van der Waals surface area contributed by atoms with Gasteiger partial charge in [0, 0.05) is 31.7 Å². The largest absolute Gasteiger partial charge is 0.320 e. The topological polar surface area (TPSA) is 35.6 Å². The van der Waals surface area contributed by atoms with Crippen LogP contribution < -0.4 is 5.32 Å². The van der Waals surface area contributed by atoms with Crippen LogP contribution in [0.4, 0.5) is 4.79 Å². The summed E-state index contributed by atoms with van der Waals surface area (Å²) < 4.78 is 0. The van der Waals surface area contributed by atoms with Crippen molar-refractivity contribution in [3.8, 4) is 0 Å². The fourth-order valence-electron chi connectivity index (χ4n) is 3.72. The summed E-state index contributed by atoms with van der Waals surface area (Å²) in [5, 5.41) is 3.36. The van der Waals surface area contributed by atoms with Gasteiger partial charge in [0.25, 0.3) is 0 Å². The van der Waals surface area contributed by atoms with Crippen LogP contribution in [0.5, 0.6) is 0 Å². The van der Waals surface area contributed by atoms with Crippen LogP contribution in [0.25, 0.3) is 0 Å². The zero-order valence-corrected chi connectivity index (χ0v) is 11.2. The molecular weight excluding hydrogens is 226 g/mol. The maximum atomic E-state index is 12.5. The minimum Gasteiger partial charge on any atom is -0.320 e. The minimum absolute atomic E-state index is 0.315. The highest BCUT2D eigenvalue weighted by Gasteiger charge is 2.37. The van der Waals surface area contributed by atoms with Crippen LogP contribution in [0.1, 0.15) is 44.9 Å². The van der Waals surface area contributed by atoms with Gasteiger partial charge in [-0.2, -0.15) is 0 Å². The summed E-state index contributed by atoms with van der Waals surface area (Å²) in [6.07, 6.45) is 8.90. The van der Waals surface area contributed by atoms with Crippen LogP contribution in [0.3, 0.4) is 0 Å². The van der Waals surface area contributed by atoms with Gasteiger partial charge in [0.15, 0.2) is 0 Å². The maximum absolute atomic E-state index is 12.5. The van der Waals surface area contributed by atoms with Crippen molar-refractivity contribution >= 4 is 6.03 Å². The lowest BCUT2D eigenvalue weighted by atomic mass is 10.1. The molecule has 0 aromatic carbocycles. The number of rotatable bonds is 2. The Morgan fingerprint density at radius 3 is 2.17 bits per heavy atom. The fourth-order valence-corrected chi connectivity index (χ4v) is 3.72. The van der Waals surface area contributed by atoms with Gasteiger partial charge in [-0.1, -0.05) is 25.7 Å². The van der Waals surface area contributed by atoms with Crippen LogP contribution in [0.15, 0.2) is 0 Å². The molecule has 1 N–H and O–H groups in total. The molecule has 2 amide bonds. The molecule has 1 unspecified atom stereocenters. The molecule has 2 heterocycles. The van der Waals surface area contributed by atoms with E-state index in [0.29, 0.717) is 18.1 Å². The molecule has 0 bridgehead atoms. The molecule has 3 aliphatic rings. The van der Waals surface area contributed by atoms with Crippen molar-refractivity contribution < 1.29 is 4.79 Å². The number of carbonyl (C=O) groups excluding carboxylic acids is 1. The molecule has 0 spiro atoms. The first-order valence-corrected chi connectivity index (χ1v) is 7.64. The van der Waals surface area contributed by atoms with Gasteiger partial charge in [0.2, 0.25) is 0 Å². The van der Waals surface area contributed by atoms with Gasteiger partial charge in [-0.05, 0) is 25.8 Å². The molecule has 4 heteroatoms. The molecule has 2 aliphatic heterocycles. The van der Waals surface area contributed by atoms with Gasteiger partial charge < -0.3 is 15.1 Å². The van der Waals surface area contributed by atoms with Gasteiger partial charge in [-0.15, -0.1) is 0 Å². The van der Waals surface area contributed by atoms with E-state index in [1.165, 1.54) is 38.5 Å². The molecule has 0 aromatic rings. The summed E-state index contributed by atoms with van der Waals surface area (Å²) in [5.41, 5.74) is 0. The zero-order valence-electron chi connectivity index (χ0n) is 11.2. The first-order valence-electron chi connectivity index (χ1n) is 7.64. The Kier molecular flexibility index (Phi) is 3.73. The molecular formula is C14H25N3O. The summed E-state index contributed by atoms with van der Waals surface area (Å²) in [4.78, 5) is 16.8. The van der Waals surface area contributed by atoms with Crippen molar-refractivity contribution in [2.45, 2.75) is 57.0 Å². The Hall–Kier alpha value is -0.770. The monoisotopic (exact) mass is 251 g/mol. The van der Waals surface area contributed by atoms with Gasteiger partial charge in [-0.25, -0.2) is 4.79 Å². The number of urea groups is 1.